The zero-order valence-electron chi connectivity index (χ0n) is 10.7. The van der Waals surface area contributed by atoms with Gasteiger partial charge in [-0.25, -0.2) is 5.84 Å². The summed E-state index contributed by atoms with van der Waals surface area (Å²) in [7, 11) is 0. The summed E-state index contributed by atoms with van der Waals surface area (Å²) in [5.41, 5.74) is 2.65. The Labute approximate surface area is 117 Å². The van der Waals surface area contributed by atoms with Crippen LogP contribution >= 0.6 is 0 Å². The highest BCUT2D eigenvalue weighted by Crippen LogP contribution is 2.35. The Bertz CT molecular complexity index is 491. The molecule has 4 nitrogen and oxygen atoms in total. The van der Waals surface area contributed by atoms with E-state index in [1.54, 1.807) is 12.1 Å². The summed E-state index contributed by atoms with van der Waals surface area (Å²) in [6.45, 7) is -2.26. The van der Waals surface area contributed by atoms with E-state index in [-0.39, 0.29) is 6.42 Å². The number of nitrogens with one attached hydrogen (secondary N) is 1. The van der Waals surface area contributed by atoms with Crippen molar-refractivity contribution in [1.29, 1.82) is 0 Å². The minimum Gasteiger partial charge on any atom is -0.370 e. The van der Waals surface area contributed by atoms with Crippen molar-refractivity contribution in [2.45, 2.75) is 25.1 Å². The highest BCUT2D eigenvalue weighted by Gasteiger charge is 2.57. The molecule has 0 atom stereocenters. The first kappa shape index (κ1) is 17.3. The van der Waals surface area contributed by atoms with Gasteiger partial charge < -0.3 is 4.74 Å². The molecule has 0 bridgehead atoms. The van der Waals surface area contributed by atoms with Crippen LogP contribution < -0.4 is 11.3 Å². The number of benzene rings is 1. The number of halogens is 5. The van der Waals surface area contributed by atoms with Crippen molar-refractivity contribution in [2.75, 3.05) is 6.61 Å². The molecule has 9 heteroatoms. The molecule has 0 aliphatic rings. The maximum absolute atomic E-state index is 12.7. The first-order valence-corrected chi connectivity index (χ1v) is 5.76. The van der Waals surface area contributed by atoms with E-state index in [4.69, 9.17) is 5.84 Å². The van der Waals surface area contributed by atoms with Crippen LogP contribution in [0.1, 0.15) is 11.1 Å². The molecule has 0 aliphatic carbocycles. The largest absolute Gasteiger partial charge is 0.455 e. The van der Waals surface area contributed by atoms with E-state index in [2.05, 4.69) is 4.74 Å². The molecule has 0 saturated carbocycles. The Balaban J connectivity index is 2.66. The molecule has 0 aromatic heterocycles. The normalized spacial score (nSPS) is 12.3. The van der Waals surface area contributed by atoms with Crippen LogP contribution in [0.3, 0.4) is 0 Å². The number of alkyl halides is 5. The van der Waals surface area contributed by atoms with Gasteiger partial charge in [0.15, 0.2) is 0 Å². The summed E-state index contributed by atoms with van der Waals surface area (Å²) in [6, 6.07) is 6.12. The lowest BCUT2D eigenvalue weighted by Crippen LogP contribution is -2.40. The van der Waals surface area contributed by atoms with Gasteiger partial charge >= 0.3 is 12.1 Å². The number of ether oxygens (including phenoxy) is 1. The van der Waals surface area contributed by atoms with Crippen LogP contribution in [0.5, 0.6) is 0 Å². The van der Waals surface area contributed by atoms with Crippen molar-refractivity contribution >= 4 is 5.91 Å². The highest BCUT2D eigenvalue weighted by molar-refractivity contribution is 5.78. The number of amides is 1. The van der Waals surface area contributed by atoms with E-state index in [1.807, 2.05) is 5.43 Å². The van der Waals surface area contributed by atoms with Crippen LogP contribution in [0.4, 0.5) is 22.0 Å². The van der Waals surface area contributed by atoms with Crippen molar-refractivity contribution in [3.05, 3.63) is 35.4 Å². The van der Waals surface area contributed by atoms with Crippen molar-refractivity contribution in [2.24, 2.45) is 5.84 Å². The molecule has 1 aromatic carbocycles. The third kappa shape index (κ3) is 4.94. The number of hydrogen-bond acceptors (Lipinski definition) is 3. The number of carbonyl (C=O) groups excluding carboxylic acids is 1. The van der Waals surface area contributed by atoms with E-state index in [9.17, 15) is 26.7 Å². The summed E-state index contributed by atoms with van der Waals surface area (Å²) in [5, 5.41) is 0. The third-order valence-corrected chi connectivity index (χ3v) is 2.59. The summed E-state index contributed by atoms with van der Waals surface area (Å²) in [5.74, 6) is -0.525. The Morgan fingerprint density at radius 1 is 1.14 bits per heavy atom. The maximum atomic E-state index is 12.7. The molecule has 1 rings (SSSR count). The molecule has 1 amide bonds. The molecule has 0 aliphatic heterocycles. The molecule has 0 fully saturated rings. The quantitative estimate of drug-likeness (QED) is 0.365. The average molecular weight is 312 g/mol. The van der Waals surface area contributed by atoms with Crippen LogP contribution in [0, 0.1) is 0 Å². The fourth-order valence-corrected chi connectivity index (χ4v) is 1.47. The first-order chi connectivity index (χ1) is 9.67. The van der Waals surface area contributed by atoms with Crippen molar-refractivity contribution in [3.63, 3.8) is 0 Å². The lowest BCUT2D eigenvalue weighted by Gasteiger charge is -2.19. The van der Waals surface area contributed by atoms with Gasteiger partial charge in [0.05, 0.1) is 13.0 Å². The van der Waals surface area contributed by atoms with Crippen molar-refractivity contribution < 1.29 is 31.5 Å². The Hall–Kier alpha value is -1.74. The molecular formula is C12H13F5N2O2. The predicted octanol–water partition coefficient (Wildman–Crippen LogP) is 1.93. The number of hydrazine groups is 1. The van der Waals surface area contributed by atoms with Crippen molar-refractivity contribution in [3.8, 4) is 0 Å². The van der Waals surface area contributed by atoms with Crippen LogP contribution in [0.2, 0.25) is 0 Å². The average Bonchev–Trinajstić information content (AvgIpc) is 2.39. The fraction of sp³-hybridized carbons (Fsp3) is 0.417. The van der Waals surface area contributed by atoms with Gasteiger partial charge in [0.2, 0.25) is 5.91 Å². The van der Waals surface area contributed by atoms with E-state index in [1.165, 1.54) is 12.1 Å². The lowest BCUT2D eigenvalue weighted by atomic mass is 10.1. The van der Waals surface area contributed by atoms with Crippen LogP contribution in [0.25, 0.3) is 0 Å². The van der Waals surface area contributed by atoms with E-state index in [0.29, 0.717) is 11.1 Å². The molecule has 0 saturated heterocycles. The van der Waals surface area contributed by atoms with Gasteiger partial charge in [-0.2, -0.15) is 22.0 Å². The second kappa shape index (κ2) is 6.81. The van der Waals surface area contributed by atoms with E-state index >= 15 is 0 Å². The molecule has 118 valence electrons. The standard InChI is InChI=1S/C12H13F5N2O2/c13-11(14,12(15,16)17)7-21-6-9-4-2-1-3-8(9)5-10(20)19-18/h1-4H,5-7,18H2,(H,19,20). The molecule has 0 unspecified atom stereocenters. The van der Waals surface area contributed by atoms with Crippen LogP contribution in [-0.4, -0.2) is 24.6 Å². The first-order valence-electron chi connectivity index (χ1n) is 5.76. The van der Waals surface area contributed by atoms with Gasteiger partial charge in [-0.1, -0.05) is 24.3 Å². The summed E-state index contributed by atoms with van der Waals surface area (Å²) < 4.78 is 65.6. The topological polar surface area (TPSA) is 64.3 Å². The van der Waals surface area contributed by atoms with Crippen molar-refractivity contribution in [1.82, 2.24) is 5.43 Å². The number of hydrogen-bond donors (Lipinski definition) is 2. The maximum Gasteiger partial charge on any atom is 0.455 e. The third-order valence-electron chi connectivity index (χ3n) is 2.59. The van der Waals surface area contributed by atoms with Crippen LogP contribution in [0.15, 0.2) is 24.3 Å². The molecular weight excluding hydrogens is 299 g/mol. The Morgan fingerprint density at radius 3 is 2.24 bits per heavy atom. The minimum atomic E-state index is -5.66. The number of rotatable bonds is 6. The smallest absolute Gasteiger partial charge is 0.370 e. The van der Waals surface area contributed by atoms with Gasteiger partial charge in [-0.3, -0.25) is 10.2 Å². The Kier molecular flexibility index (Phi) is 5.62. The van der Waals surface area contributed by atoms with Crippen LogP contribution in [-0.2, 0) is 22.6 Å². The van der Waals surface area contributed by atoms with Gasteiger partial charge in [0, 0.05) is 0 Å². The van der Waals surface area contributed by atoms with Gasteiger partial charge in [0.1, 0.15) is 6.61 Å². The molecule has 0 heterocycles. The predicted molar refractivity (Wildman–Crippen MR) is 63.1 cm³/mol. The second-order valence-electron chi connectivity index (χ2n) is 4.21. The zero-order chi connectivity index (χ0) is 16.1. The second-order valence-corrected chi connectivity index (χ2v) is 4.21. The number of carbonyl (C=O) groups is 1. The van der Waals surface area contributed by atoms with E-state index in [0.717, 1.165) is 0 Å². The molecule has 0 spiro atoms. The Morgan fingerprint density at radius 2 is 1.71 bits per heavy atom. The summed E-state index contributed by atoms with van der Waals surface area (Å²) in [4.78, 5) is 11.2. The highest BCUT2D eigenvalue weighted by atomic mass is 19.4. The molecule has 0 radical (unpaired) electrons. The summed E-state index contributed by atoms with van der Waals surface area (Å²) >= 11 is 0. The molecule has 3 N–H and O–H groups in total. The van der Waals surface area contributed by atoms with E-state index < -0.39 is 31.2 Å². The van der Waals surface area contributed by atoms with Gasteiger partial charge in [-0.15, -0.1) is 0 Å². The van der Waals surface area contributed by atoms with Gasteiger partial charge in [-0.05, 0) is 11.1 Å². The SMILES string of the molecule is NNC(=O)Cc1ccccc1COCC(F)(F)C(F)(F)F. The zero-order valence-corrected chi connectivity index (χ0v) is 10.7. The molecule has 1 aromatic rings. The minimum absolute atomic E-state index is 0.133. The lowest BCUT2D eigenvalue weighted by molar-refractivity contribution is -0.297. The number of nitrogens with two attached hydrogens (primary N) is 1. The monoisotopic (exact) mass is 312 g/mol. The fourth-order valence-electron chi connectivity index (χ4n) is 1.47. The summed E-state index contributed by atoms with van der Waals surface area (Å²) in [6.07, 6.45) is -5.79. The van der Waals surface area contributed by atoms with Gasteiger partial charge in [0.25, 0.3) is 0 Å². The molecule has 21 heavy (non-hydrogen) atoms.